The molecule has 1 atom stereocenters. The molecule has 2 aromatic rings. The zero-order valence-corrected chi connectivity index (χ0v) is 15.6. The second-order valence-electron chi connectivity index (χ2n) is 6.30. The van der Waals surface area contributed by atoms with Gasteiger partial charge in [0.25, 0.3) is 11.6 Å². The van der Waals surface area contributed by atoms with E-state index in [9.17, 15) is 14.7 Å². The smallest absolute Gasteiger partial charge is 0.308 e. The molecule has 8 nitrogen and oxygen atoms in total. The largest absolute Gasteiger partial charge is 0.481 e. The van der Waals surface area contributed by atoms with E-state index in [0.29, 0.717) is 54.2 Å². The summed E-state index contributed by atoms with van der Waals surface area (Å²) in [4.78, 5) is 30.2. The van der Waals surface area contributed by atoms with Gasteiger partial charge >= 0.3 is 5.97 Å². The number of aromatic nitrogens is 2. The second-order valence-corrected chi connectivity index (χ2v) is 6.30. The molecule has 2 heterocycles. The Morgan fingerprint density at radius 1 is 1.38 bits per heavy atom. The lowest BCUT2D eigenvalue weighted by Gasteiger charge is -2.25. The van der Waals surface area contributed by atoms with Gasteiger partial charge in [0.15, 0.2) is 0 Å². The number of amides is 1. The predicted molar refractivity (Wildman–Crippen MR) is 95.1 cm³/mol. The van der Waals surface area contributed by atoms with Gasteiger partial charge in [-0.05, 0) is 33.3 Å². The molecule has 0 bridgehead atoms. The van der Waals surface area contributed by atoms with E-state index in [1.807, 2.05) is 6.92 Å². The first-order chi connectivity index (χ1) is 12.3. The highest BCUT2D eigenvalue weighted by molar-refractivity contribution is 6.06. The third kappa shape index (κ3) is 4.57. The molecule has 0 saturated heterocycles. The predicted octanol–water partition coefficient (Wildman–Crippen LogP) is 2.43. The van der Waals surface area contributed by atoms with Crippen LogP contribution >= 0.6 is 0 Å². The van der Waals surface area contributed by atoms with Crippen LogP contribution in [0.3, 0.4) is 0 Å². The van der Waals surface area contributed by atoms with Crippen molar-refractivity contribution in [2.45, 2.75) is 34.1 Å². The maximum Gasteiger partial charge on any atom is 0.308 e. The van der Waals surface area contributed by atoms with Crippen LogP contribution in [0.5, 0.6) is 0 Å². The molecule has 1 N–H and O–H groups in total. The number of carboxylic acids is 1. The molecule has 8 heteroatoms. The van der Waals surface area contributed by atoms with Crippen LogP contribution in [-0.2, 0) is 9.53 Å². The van der Waals surface area contributed by atoms with Gasteiger partial charge in [0.1, 0.15) is 0 Å². The van der Waals surface area contributed by atoms with E-state index in [1.54, 1.807) is 31.7 Å². The van der Waals surface area contributed by atoms with Crippen molar-refractivity contribution < 1.29 is 24.0 Å². The average molecular weight is 363 g/mol. The summed E-state index contributed by atoms with van der Waals surface area (Å²) < 4.78 is 10.5. The van der Waals surface area contributed by atoms with Crippen molar-refractivity contribution in [3.05, 3.63) is 23.0 Å². The fourth-order valence-electron chi connectivity index (χ4n) is 2.74. The van der Waals surface area contributed by atoms with Gasteiger partial charge < -0.3 is 19.3 Å². The van der Waals surface area contributed by atoms with Gasteiger partial charge in [0.2, 0.25) is 0 Å². The summed E-state index contributed by atoms with van der Waals surface area (Å²) in [6, 6.07) is 1.69. The van der Waals surface area contributed by atoms with Crippen LogP contribution < -0.4 is 0 Å². The number of pyridine rings is 1. The lowest BCUT2D eigenvalue weighted by molar-refractivity contribution is -0.141. The zero-order valence-electron chi connectivity index (χ0n) is 15.6. The van der Waals surface area contributed by atoms with E-state index in [1.165, 1.54) is 0 Å². The summed E-state index contributed by atoms with van der Waals surface area (Å²) in [5, 5.41) is 13.7. The Bertz CT molecular complexity index is 786. The summed E-state index contributed by atoms with van der Waals surface area (Å²) in [5.41, 5.74) is 1.96. The molecule has 0 radical (unpaired) electrons. The van der Waals surface area contributed by atoms with Crippen LogP contribution in [0.4, 0.5) is 0 Å². The summed E-state index contributed by atoms with van der Waals surface area (Å²) >= 11 is 0. The Labute approximate surface area is 152 Å². The molecule has 0 aliphatic rings. The number of nitrogens with zero attached hydrogens (tertiary/aromatic N) is 3. The number of ether oxygens (including phenoxy) is 1. The monoisotopic (exact) mass is 363 g/mol. The number of carboxylic acid groups (broad SMARTS) is 1. The van der Waals surface area contributed by atoms with Crippen molar-refractivity contribution in [1.29, 1.82) is 0 Å². The van der Waals surface area contributed by atoms with Crippen LogP contribution in [0.1, 0.15) is 42.0 Å². The highest BCUT2D eigenvalue weighted by Crippen LogP contribution is 2.23. The Morgan fingerprint density at radius 2 is 2.12 bits per heavy atom. The van der Waals surface area contributed by atoms with E-state index >= 15 is 0 Å². The topological polar surface area (TPSA) is 106 Å². The molecule has 1 unspecified atom stereocenters. The SMILES string of the molecule is CCOCCCN(CC(C)C(=O)O)C(=O)c1cc(C)nc2onc(C)c12. The van der Waals surface area contributed by atoms with Crippen molar-refractivity contribution >= 4 is 23.0 Å². The molecule has 0 aliphatic carbocycles. The lowest BCUT2D eigenvalue weighted by Crippen LogP contribution is -2.38. The lowest BCUT2D eigenvalue weighted by atomic mass is 10.1. The number of rotatable bonds is 9. The highest BCUT2D eigenvalue weighted by atomic mass is 16.5. The van der Waals surface area contributed by atoms with Gasteiger partial charge in [-0.15, -0.1) is 0 Å². The third-order valence-electron chi connectivity index (χ3n) is 4.10. The Kier molecular flexibility index (Phi) is 6.68. The van der Waals surface area contributed by atoms with Gasteiger partial charge in [-0.2, -0.15) is 0 Å². The maximum absolute atomic E-state index is 13.2. The number of hydrogen-bond donors (Lipinski definition) is 1. The van der Waals surface area contributed by atoms with Crippen LogP contribution in [0.25, 0.3) is 11.1 Å². The molecule has 1 amide bonds. The molecule has 2 aromatic heterocycles. The van der Waals surface area contributed by atoms with Crippen LogP contribution in [-0.4, -0.2) is 58.3 Å². The Balaban J connectivity index is 2.32. The number of carbonyl (C=O) groups is 2. The highest BCUT2D eigenvalue weighted by Gasteiger charge is 2.25. The first-order valence-corrected chi connectivity index (χ1v) is 8.68. The van der Waals surface area contributed by atoms with Gasteiger partial charge in [0.05, 0.1) is 22.6 Å². The summed E-state index contributed by atoms with van der Waals surface area (Å²) in [5.74, 6) is -1.87. The van der Waals surface area contributed by atoms with Gasteiger partial charge in [-0.25, -0.2) is 4.98 Å². The fourth-order valence-corrected chi connectivity index (χ4v) is 2.74. The molecule has 0 fully saturated rings. The van der Waals surface area contributed by atoms with Crippen molar-refractivity contribution in [1.82, 2.24) is 15.0 Å². The average Bonchev–Trinajstić information content (AvgIpc) is 2.96. The Hall–Kier alpha value is -2.48. The first kappa shape index (κ1) is 19.8. The number of hydrogen-bond acceptors (Lipinski definition) is 6. The van der Waals surface area contributed by atoms with E-state index < -0.39 is 11.9 Å². The number of aliphatic carboxylic acids is 1. The van der Waals surface area contributed by atoms with Crippen molar-refractivity contribution in [2.24, 2.45) is 5.92 Å². The molecule has 0 spiro atoms. The number of aryl methyl sites for hydroxylation is 2. The normalized spacial score (nSPS) is 12.3. The van der Waals surface area contributed by atoms with Crippen molar-refractivity contribution in [2.75, 3.05) is 26.3 Å². The molecular formula is C18H25N3O5. The molecule has 142 valence electrons. The first-order valence-electron chi connectivity index (χ1n) is 8.68. The minimum absolute atomic E-state index is 0.119. The number of fused-ring (bicyclic) bond motifs is 1. The molecule has 2 rings (SSSR count). The molecular weight excluding hydrogens is 338 g/mol. The molecule has 0 aromatic carbocycles. The van der Waals surface area contributed by atoms with E-state index in [-0.39, 0.29) is 12.5 Å². The van der Waals surface area contributed by atoms with Crippen molar-refractivity contribution in [3.63, 3.8) is 0 Å². The molecule has 26 heavy (non-hydrogen) atoms. The zero-order chi connectivity index (χ0) is 19.3. The van der Waals surface area contributed by atoms with Crippen LogP contribution in [0.2, 0.25) is 0 Å². The van der Waals surface area contributed by atoms with Gasteiger partial charge in [-0.3, -0.25) is 9.59 Å². The second kappa shape index (κ2) is 8.75. The number of carbonyl (C=O) groups excluding carboxylic acids is 1. The van der Waals surface area contributed by atoms with Crippen molar-refractivity contribution in [3.8, 4) is 0 Å². The summed E-state index contributed by atoms with van der Waals surface area (Å²) in [6.07, 6.45) is 0.627. The quantitative estimate of drug-likeness (QED) is 0.682. The van der Waals surface area contributed by atoms with Gasteiger partial charge in [-0.1, -0.05) is 12.1 Å². The van der Waals surface area contributed by atoms with Crippen LogP contribution in [0.15, 0.2) is 10.6 Å². The third-order valence-corrected chi connectivity index (χ3v) is 4.10. The minimum Gasteiger partial charge on any atom is -0.481 e. The summed E-state index contributed by atoms with van der Waals surface area (Å²) in [7, 11) is 0. The van der Waals surface area contributed by atoms with E-state index in [2.05, 4.69) is 10.1 Å². The molecule has 0 aliphatic heterocycles. The Morgan fingerprint density at radius 3 is 2.77 bits per heavy atom. The van der Waals surface area contributed by atoms with E-state index in [0.717, 1.165) is 0 Å². The molecule has 0 saturated carbocycles. The summed E-state index contributed by atoms with van der Waals surface area (Å²) in [6.45, 7) is 8.65. The fraction of sp³-hybridized carbons (Fsp3) is 0.556. The minimum atomic E-state index is -0.940. The van der Waals surface area contributed by atoms with Crippen LogP contribution in [0, 0.1) is 19.8 Å². The van der Waals surface area contributed by atoms with E-state index in [4.69, 9.17) is 9.26 Å². The standard InChI is InChI=1S/C18H25N3O5/c1-5-25-8-6-7-21(10-11(2)18(23)24)17(22)14-9-12(3)19-16-15(14)13(4)20-26-16/h9,11H,5-8,10H2,1-4H3,(H,23,24). The van der Waals surface area contributed by atoms with Gasteiger partial charge in [0, 0.05) is 32.0 Å². The maximum atomic E-state index is 13.2.